The molecule has 6 nitrogen and oxygen atoms in total. The Bertz CT molecular complexity index is 643. The lowest BCUT2D eigenvalue weighted by molar-refractivity contribution is -0.117. The number of halogens is 3. The van der Waals surface area contributed by atoms with Gasteiger partial charge in [-0.15, -0.1) is 0 Å². The summed E-state index contributed by atoms with van der Waals surface area (Å²) in [5.41, 5.74) is 0.559. The number of esters is 1. The lowest BCUT2D eigenvalue weighted by atomic mass is 10.1. The molecule has 0 radical (unpaired) electrons. The van der Waals surface area contributed by atoms with Crippen molar-refractivity contribution in [3.8, 4) is 5.75 Å². The normalized spacial score (nSPS) is 11.4. The number of benzene rings is 1. The Balaban J connectivity index is 3.34. The summed E-state index contributed by atoms with van der Waals surface area (Å²) in [5, 5.41) is 0. The average molecular weight is 411 g/mol. The Labute approximate surface area is 161 Å². The molecule has 1 amide bonds. The minimum atomic E-state index is -2.13. The summed E-state index contributed by atoms with van der Waals surface area (Å²) in [6.45, 7) is 1.87. The molecule has 0 bridgehead atoms. The molecule has 1 rings (SSSR count). The van der Waals surface area contributed by atoms with Gasteiger partial charge in [-0.05, 0) is 19.1 Å². The van der Waals surface area contributed by atoms with Crippen LogP contribution in [0.3, 0.4) is 0 Å². The van der Waals surface area contributed by atoms with E-state index in [0.29, 0.717) is 5.69 Å². The summed E-state index contributed by atoms with van der Waals surface area (Å²) >= 11 is 17.2. The monoisotopic (exact) mass is 409 g/mol. The lowest BCUT2D eigenvalue weighted by Gasteiger charge is -2.25. The van der Waals surface area contributed by atoms with Crippen LogP contribution in [0, 0.1) is 0 Å². The van der Waals surface area contributed by atoms with E-state index in [4.69, 9.17) is 49.0 Å². The number of hydrogen-bond acceptors (Lipinski definition) is 5. The first-order valence-electron chi connectivity index (χ1n) is 7.10. The highest BCUT2D eigenvalue weighted by molar-refractivity contribution is 6.77. The largest absolute Gasteiger partial charge is 0.467 e. The Hall–Kier alpha value is -1.47. The predicted octanol–water partition coefficient (Wildman–Crippen LogP) is 3.74. The molecule has 0 aliphatic rings. The second-order valence-electron chi connectivity index (χ2n) is 4.71. The van der Waals surface area contributed by atoms with E-state index in [1.54, 1.807) is 19.1 Å². The van der Waals surface area contributed by atoms with E-state index in [9.17, 15) is 9.59 Å². The zero-order chi connectivity index (χ0) is 19.0. The number of amides is 1. The van der Waals surface area contributed by atoms with Crippen LogP contribution in [-0.4, -0.2) is 43.2 Å². The molecule has 138 valence electrons. The molecule has 0 saturated carbocycles. The molecule has 0 unspecified atom stereocenters. The van der Waals surface area contributed by atoms with Gasteiger partial charge in [-0.2, -0.15) is 0 Å². The summed E-state index contributed by atoms with van der Waals surface area (Å²) < 4.78 is 12.8. The van der Waals surface area contributed by atoms with Gasteiger partial charge in [-0.25, -0.2) is 4.79 Å². The zero-order valence-corrected chi connectivity index (χ0v) is 16.2. The molecule has 1 aromatic rings. The third-order valence-corrected chi connectivity index (χ3v) is 3.51. The number of alkyl halides is 3. The Kier molecular flexibility index (Phi) is 8.52. The van der Waals surface area contributed by atoms with Gasteiger partial charge in [0.1, 0.15) is 11.3 Å². The van der Waals surface area contributed by atoms with E-state index in [1.165, 1.54) is 37.3 Å². The molecule has 0 aliphatic carbocycles. The van der Waals surface area contributed by atoms with Crippen molar-refractivity contribution in [1.29, 1.82) is 0 Å². The van der Waals surface area contributed by atoms with Gasteiger partial charge in [-0.3, -0.25) is 4.79 Å². The second-order valence-corrected chi connectivity index (χ2v) is 6.99. The summed E-state index contributed by atoms with van der Waals surface area (Å²) in [5.74, 6) is -1.15. The smallest absolute Gasteiger partial charge is 0.341 e. The van der Waals surface area contributed by atoms with Crippen molar-refractivity contribution < 1.29 is 23.8 Å². The first-order chi connectivity index (χ1) is 11.8. The first-order valence-corrected chi connectivity index (χ1v) is 8.23. The number of nitrogens with zero attached hydrogens (tertiary/aromatic N) is 1. The highest BCUT2D eigenvalue weighted by Gasteiger charge is 2.36. The minimum absolute atomic E-state index is 0.0965. The Morgan fingerprint density at radius 3 is 2.44 bits per heavy atom. The van der Waals surface area contributed by atoms with Crippen molar-refractivity contribution in [3.05, 3.63) is 35.9 Å². The van der Waals surface area contributed by atoms with Crippen LogP contribution >= 0.6 is 34.8 Å². The van der Waals surface area contributed by atoms with E-state index >= 15 is 0 Å². The highest BCUT2D eigenvalue weighted by atomic mass is 35.6. The molecule has 0 aliphatic heterocycles. The van der Waals surface area contributed by atoms with Gasteiger partial charge in [0.15, 0.2) is 6.79 Å². The molecule has 0 fully saturated rings. The van der Waals surface area contributed by atoms with Gasteiger partial charge < -0.3 is 19.1 Å². The van der Waals surface area contributed by atoms with E-state index in [0.717, 1.165) is 0 Å². The second kappa shape index (κ2) is 9.87. The highest BCUT2D eigenvalue weighted by Crippen LogP contribution is 2.33. The molecule has 0 spiro atoms. The van der Waals surface area contributed by atoms with Gasteiger partial charge in [0.2, 0.25) is 0 Å². The molecule has 1 aromatic carbocycles. The Morgan fingerprint density at radius 1 is 1.24 bits per heavy atom. The number of rotatable bonds is 7. The van der Waals surface area contributed by atoms with Crippen LogP contribution in [-0.2, 0) is 14.3 Å². The molecule has 0 aromatic heterocycles. The van der Waals surface area contributed by atoms with Gasteiger partial charge >= 0.3 is 5.97 Å². The van der Waals surface area contributed by atoms with Crippen molar-refractivity contribution in [1.82, 2.24) is 0 Å². The fourth-order valence-corrected chi connectivity index (χ4v) is 2.17. The topological polar surface area (TPSA) is 65.1 Å². The average Bonchev–Trinajstić information content (AvgIpc) is 2.58. The van der Waals surface area contributed by atoms with Crippen LogP contribution < -0.4 is 9.64 Å². The van der Waals surface area contributed by atoms with Crippen LogP contribution in [0.1, 0.15) is 17.3 Å². The zero-order valence-electron chi connectivity index (χ0n) is 13.9. The molecule has 0 atom stereocenters. The van der Waals surface area contributed by atoms with E-state index < -0.39 is 15.7 Å². The van der Waals surface area contributed by atoms with Crippen LogP contribution in [0.2, 0.25) is 0 Å². The van der Waals surface area contributed by atoms with Crippen LogP contribution in [0.4, 0.5) is 5.69 Å². The number of anilines is 1. The maximum Gasteiger partial charge on any atom is 0.341 e. The number of hydrogen-bond donors (Lipinski definition) is 0. The van der Waals surface area contributed by atoms with E-state index in [1.807, 2.05) is 0 Å². The summed E-state index contributed by atoms with van der Waals surface area (Å²) in [4.78, 5) is 25.5. The summed E-state index contributed by atoms with van der Waals surface area (Å²) in [7, 11) is 2.69. The number of allylic oxidation sites excluding steroid dienone is 1. The van der Waals surface area contributed by atoms with Gasteiger partial charge in [0.25, 0.3) is 9.70 Å². The maximum absolute atomic E-state index is 12.4. The Morgan fingerprint density at radius 2 is 1.92 bits per heavy atom. The molecule has 25 heavy (non-hydrogen) atoms. The van der Waals surface area contributed by atoms with Gasteiger partial charge in [-0.1, -0.05) is 47.0 Å². The quantitative estimate of drug-likeness (QED) is 0.296. The van der Waals surface area contributed by atoms with Gasteiger partial charge in [0.05, 0.1) is 7.11 Å². The number of carbonyl (C=O) groups excluding carboxylic acids is 2. The predicted molar refractivity (Wildman–Crippen MR) is 97.7 cm³/mol. The summed E-state index contributed by atoms with van der Waals surface area (Å²) in [6, 6.07) is 4.47. The fraction of sp³-hybridized carbons (Fsp3) is 0.375. The van der Waals surface area contributed by atoms with Gasteiger partial charge in [0, 0.05) is 25.4 Å². The summed E-state index contributed by atoms with van der Waals surface area (Å²) in [6.07, 6.45) is 3.47. The SMILES string of the molecule is CC=CCN(C(=O)C(Cl)(Cl)Cl)c1ccc(C(=O)OC)c(OCOC)c1. The third-order valence-electron chi connectivity index (χ3n) is 3.03. The van der Waals surface area contributed by atoms with Crippen molar-refractivity contribution >= 4 is 52.4 Å². The van der Waals surface area contributed by atoms with Crippen molar-refractivity contribution in [3.63, 3.8) is 0 Å². The lowest BCUT2D eigenvalue weighted by Crippen LogP contribution is -2.39. The van der Waals surface area contributed by atoms with E-state index in [2.05, 4.69) is 0 Å². The van der Waals surface area contributed by atoms with Crippen LogP contribution in [0.25, 0.3) is 0 Å². The van der Waals surface area contributed by atoms with Crippen LogP contribution in [0.5, 0.6) is 5.75 Å². The first kappa shape index (κ1) is 21.6. The number of carbonyl (C=O) groups is 2. The molecule has 0 N–H and O–H groups in total. The molecule has 0 heterocycles. The fourth-order valence-electron chi connectivity index (χ4n) is 1.87. The molecule has 9 heteroatoms. The third kappa shape index (κ3) is 6.08. The number of ether oxygens (including phenoxy) is 3. The van der Waals surface area contributed by atoms with Crippen LogP contribution in [0.15, 0.2) is 30.4 Å². The van der Waals surface area contributed by atoms with Crippen molar-refractivity contribution in [2.45, 2.75) is 10.7 Å². The standard InChI is InChI=1S/C16H18Cl3NO5/c1-4-5-8-20(15(22)16(17,18)19)11-6-7-12(14(21)24-3)13(9-11)25-10-23-2/h4-7,9H,8,10H2,1-3H3. The maximum atomic E-state index is 12.4. The molecule has 0 saturated heterocycles. The van der Waals surface area contributed by atoms with Crippen molar-refractivity contribution in [2.75, 3.05) is 32.5 Å². The number of methoxy groups -OCH3 is 2. The molecular formula is C16H18Cl3NO5. The van der Waals surface area contributed by atoms with Crippen molar-refractivity contribution in [2.24, 2.45) is 0 Å². The van der Waals surface area contributed by atoms with E-state index in [-0.39, 0.29) is 24.7 Å². The molecular weight excluding hydrogens is 393 g/mol. The minimum Gasteiger partial charge on any atom is -0.467 e.